The lowest BCUT2D eigenvalue weighted by Gasteiger charge is -2.21. The first-order valence-electron chi connectivity index (χ1n) is 6.39. The average molecular weight is 339 g/mol. The maximum absolute atomic E-state index is 13.6. The fourth-order valence-electron chi connectivity index (χ4n) is 1.71. The number of halogens is 3. The molecule has 0 aliphatic heterocycles. The summed E-state index contributed by atoms with van der Waals surface area (Å²) in [6.07, 6.45) is 0.433. The van der Waals surface area contributed by atoms with Crippen LogP contribution in [0.4, 0.5) is 13.2 Å². The Morgan fingerprint density at radius 2 is 1.86 bits per heavy atom. The number of ether oxygens (including phenoxy) is 1. The molecule has 0 heterocycles. The Balaban J connectivity index is 3.24. The Morgan fingerprint density at radius 3 is 2.36 bits per heavy atom. The van der Waals surface area contributed by atoms with Gasteiger partial charge in [0.2, 0.25) is 10.0 Å². The fraction of sp³-hybridized carbons (Fsp3) is 0.462. The summed E-state index contributed by atoms with van der Waals surface area (Å²) in [5.74, 6) is -6.57. The number of nitrogens with one attached hydrogen (secondary N) is 1. The van der Waals surface area contributed by atoms with E-state index in [4.69, 9.17) is 0 Å². The summed E-state index contributed by atoms with van der Waals surface area (Å²) in [4.78, 5) is 10.6. The van der Waals surface area contributed by atoms with Crippen LogP contribution in [0.5, 0.6) is 0 Å². The number of hydrogen-bond donors (Lipinski definition) is 1. The van der Waals surface area contributed by atoms with Gasteiger partial charge in [-0.05, 0) is 18.1 Å². The van der Waals surface area contributed by atoms with Crippen LogP contribution in [0, 0.1) is 23.4 Å². The molecule has 0 radical (unpaired) electrons. The van der Waals surface area contributed by atoms with Crippen LogP contribution in [-0.2, 0) is 19.6 Å². The summed E-state index contributed by atoms with van der Waals surface area (Å²) >= 11 is 0. The Bertz CT molecular complexity index is 663. The molecular formula is C13H16F3NO4S. The van der Waals surface area contributed by atoms with Crippen LogP contribution in [0.1, 0.15) is 20.3 Å². The molecule has 0 aliphatic carbocycles. The molecule has 22 heavy (non-hydrogen) atoms. The van der Waals surface area contributed by atoms with Gasteiger partial charge in [0, 0.05) is 0 Å². The highest BCUT2D eigenvalue weighted by atomic mass is 32.2. The summed E-state index contributed by atoms with van der Waals surface area (Å²) in [7, 11) is -3.50. The quantitative estimate of drug-likeness (QED) is 0.635. The number of benzene rings is 1. The van der Waals surface area contributed by atoms with Crippen molar-refractivity contribution in [3.63, 3.8) is 0 Å². The van der Waals surface area contributed by atoms with Gasteiger partial charge in [0.05, 0.1) is 7.11 Å². The molecule has 0 aliphatic rings. The minimum absolute atomic E-state index is 0.433. The average Bonchev–Trinajstić information content (AvgIpc) is 2.48. The van der Waals surface area contributed by atoms with Crippen LogP contribution in [0.2, 0.25) is 0 Å². The zero-order valence-electron chi connectivity index (χ0n) is 12.2. The first-order chi connectivity index (χ1) is 10.2. The zero-order chi connectivity index (χ0) is 17.1. The van der Waals surface area contributed by atoms with Crippen LogP contribution in [0.15, 0.2) is 17.0 Å². The molecule has 0 bridgehead atoms. The third kappa shape index (κ3) is 3.77. The van der Waals surface area contributed by atoms with Crippen molar-refractivity contribution in [2.75, 3.05) is 7.11 Å². The second-order valence-corrected chi connectivity index (χ2v) is 6.36. The van der Waals surface area contributed by atoms with Crippen LogP contribution in [-0.4, -0.2) is 27.5 Å². The summed E-state index contributed by atoms with van der Waals surface area (Å²) in [5, 5.41) is 0. The Morgan fingerprint density at radius 1 is 1.27 bits per heavy atom. The maximum atomic E-state index is 13.6. The molecule has 1 rings (SSSR count). The van der Waals surface area contributed by atoms with Crippen molar-refractivity contribution < 1.29 is 31.1 Å². The van der Waals surface area contributed by atoms with Gasteiger partial charge in [-0.25, -0.2) is 21.6 Å². The lowest BCUT2D eigenvalue weighted by atomic mass is 10.0. The fourth-order valence-corrected chi connectivity index (χ4v) is 3.07. The molecule has 1 aromatic rings. The van der Waals surface area contributed by atoms with E-state index >= 15 is 0 Å². The smallest absolute Gasteiger partial charge is 0.324 e. The van der Waals surface area contributed by atoms with Crippen molar-refractivity contribution in [3.8, 4) is 0 Å². The van der Waals surface area contributed by atoms with Gasteiger partial charge in [-0.15, -0.1) is 0 Å². The number of carbonyl (C=O) groups is 1. The first kappa shape index (κ1) is 18.4. The van der Waals surface area contributed by atoms with Gasteiger partial charge >= 0.3 is 5.97 Å². The molecule has 124 valence electrons. The summed E-state index contributed by atoms with van der Waals surface area (Å²) < 4.78 is 70.4. The van der Waals surface area contributed by atoms with E-state index in [1.807, 2.05) is 4.72 Å². The van der Waals surface area contributed by atoms with Crippen molar-refractivity contribution in [1.82, 2.24) is 4.72 Å². The highest BCUT2D eigenvalue weighted by molar-refractivity contribution is 7.89. The lowest BCUT2D eigenvalue weighted by molar-refractivity contribution is -0.143. The lowest BCUT2D eigenvalue weighted by Crippen LogP contribution is -2.45. The Labute approximate surface area is 126 Å². The molecule has 9 heteroatoms. The zero-order valence-corrected chi connectivity index (χ0v) is 13.0. The van der Waals surface area contributed by atoms with Gasteiger partial charge in [0.15, 0.2) is 17.5 Å². The van der Waals surface area contributed by atoms with Crippen LogP contribution in [0.25, 0.3) is 0 Å². The number of rotatable bonds is 6. The van der Waals surface area contributed by atoms with E-state index in [1.165, 1.54) is 0 Å². The molecule has 0 spiro atoms. The normalized spacial score (nSPS) is 14.5. The van der Waals surface area contributed by atoms with E-state index in [1.54, 1.807) is 13.8 Å². The molecule has 1 N–H and O–H groups in total. The van der Waals surface area contributed by atoms with E-state index < -0.39 is 50.3 Å². The van der Waals surface area contributed by atoms with Gasteiger partial charge in [-0.1, -0.05) is 20.3 Å². The summed E-state index contributed by atoms with van der Waals surface area (Å²) in [6.45, 7) is 3.30. The highest BCUT2D eigenvalue weighted by Gasteiger charge is 2.32. The van der Waals surface area contributed by atoms with Crippen LogP contribution >= 0.6 is 0 Å². The molecule has 0 saturated heterocycles. The number of sulfonamides is 1. The van der Waals surface area contributed by atoms with E-state index in [0.717, 1.165) is 7.11 Å². The highest BCUT2D eigenvalue weighted by Crippen LogP contribution is 2.21. The van der Waals surface area contributed by atoms with E-state index in [9.17, 15) is 26.4 Å². The summed E-state index contributed by atoms with van der Waals surface area (Å²) in [6, 6.07) is -0.197. The predicted octanol–water partition coefficient (Wildman–Crippen LogP) is 1.97. The standard InChI is InChI=1S/C13H16F3NO4S/c1-4-7(2)12(13(18)21-3)17-22(19,20)9-6-5-8(14)10(15)11(9)16/h5-7,12,17H,4H2,1-3H3/t7-,12-/m1/s1. The van der Waals surface area contributed by atoms with Gasteiger partial charge in [0.1, 0.15) is 10.9 Å². The largest absolute Gasteiger partial charge is 0.468 e. The van der Waals surface area contributed by atoms with Crippen molar-refractivity contribution in [2.24, 2.45) is 5.92 Å². The SMILES string of the molecule is CC[C@@H](C)[C@@H](NS(=O)(=O)c1ccc(F)c(F)c1F)C(=O)OC. The number of carbonyl (C=O) groups excluding carboxylic acids is 1. The minimum Gasteiger partial charge on any atom is -0.468 e. The maximum Gasteiger partial charge on any atom is 0.324 e. The molecule has 0 aromatic heterocycles. The van der Waals surface area contributed by atoms with E-state index in [-0.39, 0.29) is 0 Å². The van der Waals surface area contributed by atoms with Crippen molar-refractivity contribution in [2.45, 2.75) is 31.2 Å². The molecule has 0 saturated carbocycles. The topological polar surface area (TPSA) is 72.5 Å². The summed E-state index contributed by atoms with van der Waals surface area (Å²) in [5.41, 5.74) is 0. The van der Waals surface area contributed by atoms with Crippen molar-refractivity contribution in [1.29, 1.82) is 0 Å². The third-order valence-electron chi connectivity index (χ3n) is 3.24. The molecular weight excluding hydrogens is 323 g/mol. The molecule has 5 nitrogen and oxygen atoms in total. The Kier molecular flexibility index (Phi) is 5.95. The monoisotopic (exact) mass is 339 g/mol. The Hall–Kier alpha value is -1.61. The van der Waals surface area contributed by atoms with E-state index in [0.29, 0.717) is 18.6 Å². The number of esters is 1. The van der Waals surface area contributed by atoms with Crippen LogP contribution in [0.3, 0.4) is 0 Å². The van der Waals surface area contributed by atoms with Gasteiger partial charge in [-0.2, -0.15) is 4.72 Å². The second kappa shape index (κ2) is 7.10. The van der Waals surface area contributed by atoms with Crippen LogP contribution < -0.4 is 4.72 Å². The van der Waals surface area contributed by atoms with Crippen molar-refractivity contribution in [3.05, 3.63) is 29.6 Å². The second-order valence-electron chi connectivity index (χ2n) is 4.68. The first-order valence-corrected chi connectivity index (χ1v) is 7.87. The molecule has 2 atom stereocenters. The van der Waals surface area contributed by atoms with Crippen molar-refractivity contribution >= 4 is 16.0 Å². The van der Waals surface area contributed by atoms with E-state index in [2.05, 4.69) is 4.74 Å². The molecule has 0 amide bonds. The van der Waals surface area contributed by atoms with Gasteiger partial charge in [-0.3, -0.25) is 4.79 Å². The molecule has 0 unspecified atom stereocenters. The number of methoxy groups -OCH3 is 1. The minimum atomic E-state index is -4.57. The molecule has 0 fully saturated rings. The number of hydrogen-bond acceptors (Lipinski definition) is 4. The third-order valence-corrected chi connectivity index (χ3v) is 4.70. The van der Waals surface area contributed by atoms with Gasteiger partial charge in [0.25, 0.3) is 0 Å². The molecule has 1 aromatic carbocycles. The predicted molar refractivity (Wildman–Crippen MR) is 71.9 cm³/mol. The van der Waals surface area contributed by atoms with Gasteiger partial charge < -0.3 is 4.74 Å².